The Morgan fingerprint density at radius 3 is 2.79 bits per heavy atom. The van der Waals surface area contributed by atoms with Gasteiger partial charge in [-0.2, -0.15) is 4.98 Å². The number of thiophene rings is 1. The third-order valence-electron chi connectivity index (χ3n) is 4.96. The highest BCUT2D eigenvalue weighted by Gasteiger charge is 2.24. The summed E-state index contributed by atoms with van der Waals surface area (Å²) in [6, 6.07) is 0. The van der Waals surface area contributed by atoms with Gasteiger partial charge in [0.2, 0.25) is 5.89 Å². The summed E-state index contributed by atoms with van der Waals surface area (Å²) >= 11 is 3.15. The summed E-state index contributed by atoms with van der Waals surface area (Å²) in [5, 5.41) is 5.42. The summed E-state index contributed by atoms with van der Waals surface area (Å²) in [5.74, 6) is 1.46. The smallest absolute Gasteiger partial charge is 0.263 e. The van der Waals surface area contributed by atoms with Crippen molar-refractivity contribution in [3.05, 3.63) is 45.2 Å². The molecule has 0 bridgehead atoms. The first kappa shape index (κ1) is 19.4. The Labute approximate surface area is 172 Å². The zero-order valence-corrected chi connectivity index (χ0v) is 18.0. The first-order chi connectivity index (χ1) is 13.5. The van der Waals surface area contributed by atoms with Gasteiger partial charge in [0, 0.05) is 17.3 Å². The molecule has 148 valence electrons. The average Bonchev–Trinajstić information content (AvgIpc) is 3.29. The fourth-order valence-electron chi connectivity index (χ4n) is 3.46. The molecule has 0 amide bonds. The Balaban J connectivity index is 1.75. The summed E-state index contributed by atoms with van der Waals surface area (Å²) in [5.41, 5.74) is 1.25. The maximum Gasteiger partial charge on any atom is 0.263 e. The molecule has 6 nitrogen and oxygen atoms in total. The van der Waals surface area contributed by atoms with E-state index in [0.29, 0.717) is 23.4 Å². The van der Waals surface area contributed by atoms with Gasteiger partial charge in [-0.25, -0.2) is 4.98 Å². The molecule has 0 saturated heterocycles. The number of thioether (sulfide) groups is 1. The number of aryl methyl sites for hydroxylation is 2. The van der Waals surface area contributed by atoms with Crippen LogP contribution in [0.1, 0.15) is 66.9 Å². The minimum Gasteiger partial charge on any atom is -0.338 e. The van der Waals surface area contributed by atoms with Gasteiger partial charge in [0.25, 0.3) is 5.56 Å². The fraction of sp³-hybridized carbons (Fsp3) is 0.500. The highest BCUT2D eigenvalue weighted by Crippen LogP contribution is 2.37. The number of nitrogens with zero attached hydrogens (tertiary/aromatic N) is 4. The molecule has 0 radical (unpaired) electrons. The van der Waals surface area contributed by atoms with Crippen molar-refractivity contribution in [1.82, 2.24) is 19.7 Å². The second kappa shape index (κ2) is 7.83. The van der Waals surface area contributed by atoms with Gasteiger partial charge in [-0.3, -0.25) is 9.36 Å². The van der Waals surface area contributed by atoms with Crippen LogP contribution in [0, 0.1) is 0 Å². The Morgan fingerprint density at radius 1 is 1.29 bits per heavy atom. The van der Waals surface area contributed by atoms with E-state index in [1.807, 2.05) is 20.8 Å². The van der Waals surface area contributed by atoms with Crippen LogP contribution in [0.3, 0.4) is 0 Å². The Morgan fingerprint density at radius 2 is 2.07 bits per heavy atom. The van der Waals surface area contributed by atoms with Crippen molar-refractivity contribution < 1.29 is 4.52 Å². The summed E-state index contributed by atoms with van der Waals surface area (Å²) in [7, 11) is 0. The van der Waals surface area contributed by atoms with E-state index in [9.17, 15) is 4.79 Å². The molecule has 3 aromatic rings. The van der Waals surface area contributed by atoms with Crippen molar-refractivity contribution in [2.45, 2.75) is 69.3 Å². The van der Waals surface area contributed by atoms with Gasteiger partial charge in [0.15, 0.2) is 11.0 Å². The Hall–Kier alpha value is -1.93. The van der Waals surface area contributed by atoms with E-state index in [0.717, 1.165) is 29.5 Å². The molecule has 0 N–H and O–H groups in total. The quantitative estimate of drug-likeness (QED) is 0.324. The average molecular weight is 417 g/mol. The summed E-state index contributed by atoms with van der Waals surface area (Å²) in [6.45, 7) is 10.3. The van der Waals surface area contributed by atoms with Crippen molar-refractivity contribution in [3.63, 3.8) is 0 Å². The van der Waals surface area contributed by atoms with E-state index in [4.69, 9.17) is 9.51 Å². The van der Waals surface area contributed by atoms with Crippen molar-refractivity contribution in [2.75, 3.05) is 0 Å². The maximum atomic E-state index is 13.3. The summed E-state index contributed by atoms with van der Waals surface area (Å²) in [6.07, 6.45) is 6.10. The minimum absolute atomic E-state index is 0.0346. The molecular weight excluding hydrogens is 392 g/mol. The van der Waals surface area contributed by atoms with Gasteiger partial charge < -0.3 is 4.52 Å². The van der Waals surface area contributed by atoms with E-state index in [1.54, 1.807) is 22.0 Å². The van der Waals surface area contributed by atoms with Crippen LogP contribution in [0.2, 0.25) is 0 Å². The molecular formula is C20H24N4O2S2. The molecule has 0 spiro atoms. The number of allylic oxidation sites excluding steroid dienone is 1. The largest absolute Gasteiger partial charge is 0.338 e. The summed E-state index contributed by atoms with van der Waals surface area (Å²) in [4.78, 5) is 24.8. The standard InChI is InChI=1S/C20H24N4O2S2/c1-5-10-24-19(25)15-13-8-6-7-9-14(13)28-18(15)22-20(24)27-12(4)17-21-16(11(2)3)23-26-17/h5,11-12H,1,6-10H2,2-4H3. The van der Waals surface area contributed by atoms with Crippen LogP contribution in [0.25, 0.3) is 10.2 Å². The van der Waals surface area contributed by atoms with E-state index in [-0.39, 0.29) is 16.7 Å². The molecule has 0 fully saturated rings. The Bertz CT molecular complexity index is 1080. The first-order valence-corrected chi connectivity index (χ1v) is 11.3. The van der Waals surface area contributed by atoms with Crippen LogP contribution < -0.4 is 5.56 Å². The SMILES string of the molecule is C=CCn1c(SC(C)c2nc(C(C)C)no2)nc2sc3c(c2c1=O)CCCC3. The van der Waals surface area contributed by atoms with Crippen LogP contribution in [-0.2, 0) is 19.4 Å². The van der Waals surface area contributed by atoms with Crippen LogP contribution in [-0.4, -0.2) is 19.7 Å². The molecule has 0 aliphatic heterocycles. The Kier molecular flexibility index (Phi) is 5.42. The number of fused-ring (bicyclic) bond motifs is 3. The van der Waals surface area contributed by atoms with Gasteiger partial charge in [-0.1, -0.05) is 36.8 Å². The lowest BCUT2D eigenvalue weighted by molar-refractivity contribution is 0.372. The molecule has 1 aliphatic carbocycles. The van der Waals surface area contributed by atoms with Crippen molar-refractivity contribution in [3.8, 4) is 0 Å². The van der Waals surface area contributed by atoms with E-state index in [2.05, 4.69) is 16.7 Å². The van der Waals surface area contributed by atoms with Crippen molar-refractivity contribution in [2.24, 2.45) is 0 Å². The normalized spacial score (nSPS) is 15.1. The third-order valence-corrected chi connectivity index (χ3v) is 7.22. The van der Waals surface area contributed by atoms with Gasteiger partial charge in [0.1, 0.15) is 4.83 Å². The third kappa shape index (κ3) is 3.43. The second-order valence-corrected chi connectivity index (χ2v) is 9.79. The predicted octanol–water partition coefficient (Wildman–Crippen LogP) is 4.88. The highest BCUT2D eigenvalue weighted by atomic mass is 32.2. The first-order valence-electron chi connectivity index (χ1n) is 9.65. The van der Waals surface area contributed by atoms with Crippen LogP contribution in [0.4, 0.5) is 0 Å². The molecule has 1 unspecified atom stereocenters. The van der Waals surface area contributed by atoms with Crippen molar-refractivity contribution >= 4 is 33.3 Å². The number of hydrogen-bond donors (Lipinski definition) is 0. The molecule has 3 aromatic heterocycles. The predicted molar refractivity (Wildman–Crippen MR) is 113 cm³/mol. The van der Waals surface area contributed by atoms with E-state index < -0.39 is 0 Å². The van der Waals surface area contributed by atoms with Gasteiger partial charge in [0.05, 0.1) is 10.6 Å². The molecule has 28 heavy (non-hydrogen) atoms. The number of rotatable bonds is 6. The van der Waals surface area contributed by atoms with Crippen molar-refractivity contribution in [1.29, 1.82) is 0 Å². The fourth-order valence-corrected chi connectivity index (χ4v) is 5.71. The maximum absolute atomic E-state index is 13.3. The van der Waals surface area contributed by atoms with Gasteiger partial charge >= 0.3 is 0 Å². The molecule has 1 atom stereocenters. The van der Waals surface area contributed by atoms with Gasteiger partial charge in [-0.05, 0) is 38.2 Å². The second-order valence-electron chi connectivity index (χ2n) is 7.40. The van der Waals surface area contributed by atoms with E-state index >= 15 is 0 Å². The number of hydrogen-bond acceptors (Lipinski definition) is 7. The zero-order valence-electron chi connectivity index (χ0n) is 16.4. The zero-order chi connectivity index (χ0) is 19.8. The minimum atomic E-state index is -0.102. The molecule has 1 aliphatic rings. The van der Waals surface area contributed by atoms with Gasteiger partial charge in [-0.15, -0.1) is 17.9 Å². The summed E-state index contributed by atoms with van der Waals surface area (Å²) < 4.78 is 7.15. The van der Waals surface area contributed by atoms with Crippen LogP contribution in [0.15, 0.2) is 27.1 Å². The highest BCUT2D eigenvalue weighted by molar-refractivity contribution is 7.99. The molecule has 0 aromatic carbocycles. The van der Waals surface area contributed by atoms with E-state index in [1.165, 1.54) is 28.6 Å². The lowest BCUT2D eigenvalue weighted by atomic mass is 9.97. The molecule has 8 heteroatoms. The topological polar surface area (TPSA) is 73.8 Å². The lowest BCUT2D eigenvalue weighted by Crippen LogP contribution is -2.23. The molecule has 4 rings (SSSR count). The van der Waals surface area contributed by atoms with Crippen LogP contribution in [0.5, 0.6) is 0 Å². The lowest BCUT2D eigenvalue weighted by Gasteiger charge is -2.13. The molecule has 3 heterocycles. The van der Waals surface area contributed by atoms with Crippen LogP contribution >= 0.6 is 23.1 Å². The monoisotopic (exact) mass is 416 g/mol. The molecule has 0 saturated carbocycles. The number of aromatic nitrogens is 4.